The fourth-order valence-corrected chi connectivity index (χ4v) is 3.87. The molecular weight excluding hydrogens is 580 g/mol. The average Bonchev–Trinajstić information content (AvgIpc) is 2.66. The summed E-state index contributed by atoms with van der Waals surface area (Å²) in [7, 11) is 0. The molecule has 0 bridgehead atoms. The lowest BCUT2D eigenvalue weighted by Gasteiger charge is -2.10. The number of nitrogens with one attached hydrogen (secondary N) is 2. The fraction of sp³-hybridized carbons (Fsp3) is 0.0952. The van der Waals surface area contributed by atoms with Crippen molar-refractivity contribution in [2.24, 2.45) is 0 Å². The lowest BCUT2D eigenvalue weighted by Crippen LogP contribution is -2.16. The van der Waals surface area contributed by atoms with Crippen LogP contribution in [0, 0.1) is 21.0 Å². The number of amides is 2. The quantitative estimate of drug-likeness (QED) is 0.396. The van der Waals surface area contributed by atoms with Gasteiger partial charge in [0.15, 0.2) is 0 Å². The molecule has 0 aliphatic carbocycles. The highest BCUT2D eigenvalue weighted by molar-refractivity contribution is 14.1. The lowest BCUT2D eigenvalue weighted by atomic mass is 10.1. The Morgan fingerprint density at radius 2 is 1.32 bits per heavy atom. The number of aromatic nitrogens is 1. The highest BCUT2D eigenvalue weighted by atomic mass is 127. The molecule has 1 aromatic heterocycles. The summed E-state index contributed by atoms with van der Waals surface area (Å²) in [6.45, 7) is 3.88. The van der Waals surface area contributed by atoms with Gasteiger partial charge in [-0.2, -0.15) is 0 Å². The second-order valence-corrected chi connectivity index (χ2v) is 8.75. The largest absolute Gasteiger partial charge is 0.322 e. The molecule has 7 heteroatoms. The SMILES string of the molecule is Cc1cc(I)ccc1NC(=O)c1ccc(C(=O)Nc2ccc(I)cc2C)nc1. The van der Waals surface area contributed by atoms with Crippen LogP contribution in [0.4, 0.5) is 11.4 Å². The topological polar surface area (TPSA) is 71.1 Å². The lowest BCUT2D eigenvalue weighted by molar-refractivity contribution is 0.101. The summed E-state index contributed by atoms with van der Waals surface area (Å²) in [5.41, 5.74) is 4.09. The van der Waals surface area contributed by atoms with E-state index in [9.17, 15) is 9.59 Å². The van der Waals surface area contributed by atoms with Crippen LogP contribution in [-0.2, 0) is 0 Å². The Hall–Kier alpha value is -2.01. The van der Waals surface area contributed by atoms with Gasteiger partial charge in [-0.1, -0.05) is 0 Å². The molecule has 0 radical (unpaired) electrons. The molecule has 1 heterocycles. The number of carbonyl (C=O) groups excluding carboxylic acids is 2. The van der Waals surface area contributed by atoms with Crippen molar-refractivity contribution >= 4 is 68.4 Å². The molecule has 0 spiro atoms. The van der Waals surface area contributed by atoms with Crippen molar-refractivity contribution in [2.45, 2.75) is 13.8 Å². The summed E-state index contributed by atoms with van der Waals surface area (Å²) in [5.74, 6) is -0.581. The second kappa shape index (κ2) is 8.99. The van der Waals surface area contributed by atoms with Crippen molar-refractivity contribution in [1.29, 1.82) is 0 Å². The van der Waals surface area contributed by atoms with Crippen LogP contribution in [0.1, 0.15) is 32.0 Å². The molecule has 2 amide bonds. The van der Waals surface area contributed by atoms with Gasteiger partial charge in [-0.15, -0.1) is 0 Å². The average molecular weight is 597 g/mol. The highest BCUT2D eigenvalue weighted by Crippen LogP contribution is 2.20. The van der Waals surface area contributed by atoms with Gasteiger partial charge in [0.2, 0.25) is 0 Å². The van der Waals surface area contributed by atoms with Crippen molar-refractivity contribution in [3.05, 3.63) is 84.3 Å². The van der Waals surface area contributed by atoms with E-state index in [0.29, 0.717) is 5.56 Å². The molecule has 2 N–H and O–H groups in total. The second-order valence-electron chi connectivity index (χ2n) is 6.26. The van der Waals surface area contributed by atoms with E-state index < -0.39 is 0 Å². The van der Waals surface area contributed by atoms with Crippen molar-refractivity contribution in [1.82, 2.24) is 4.98 Å². The Morgan fingerprint density at radius 3 is 1.79 bits per heavy atom. The first kappa shape index (κ1) is 20.7. The molecule has 142 valence electrons. The minimum Gasteiger partial charge on any atom is -0.322 e. The number of hydrogen-bond donors (Lipinski definition) is 2. The summed E-state index contributed by atoms with van der Waals surface area (Å²) in [5, 5.41) is 5.72. The van der Waals surface area contributed by atoms with Crippen LogP contribution in [0.25, 0.3) is 0 Å². The van der Waals surface area contributed by atoms with Crippen molar-refractivity contribution in [3.8, 4) is 0 Å². The normalized spacial score (nSPS) is 10.4. The van der Waals surface area contributed by atoms with Gasteiger partial charge in [0.1, 0.15) is 5.69 Å². The van der Waals surface area contributed by atoms with Crippen LogP contribution in [0.2, 0.25) is 0 Å². The molecule has 3 aromatic rings. The van der Waals surface area contributed by atoms with Gasteiger partial charge in [-0.05, 0) is 119 Å². The van der Waals surface area contributed by atoms with Gasteiger partial charge in [0, 0.05) is 24.7 Å². The maximum atomic E-state index is 12.4. The third-order valence-corrected chi connectivity index (χ3v) is 5.47. The first-order valence-electron chi connectivity index (χ1n) is 8.44. The van der Waals surface area contributed by atoms with Crippen LogP contribution in [-0.4, -0.2) is 16.8 Å². The van der Waals surface area contributed by atoms with E-state index in [1.165, 1.54) is 6.20 Å². The molecule has 0 aliphatic rings. The van der Waals surface area contributed by atoms with E-state index in [1.54, 1.807) is 12.1 Å². The predicted octanol–water partition coefficient (Wildman–Crippen LogP) is 5.41. The zero-order valence-electron chi connectivity index (χ0n) is 15.2. The standard InChI is InChI=1S/C21H17I2N3O2/c1-12-9-15(22)4-7-17(12)25-20(27)14-3-6-19(24-11-14)21(28)26-18-8-5-16(23)10-13(18)2/h3-11H,1-2H3,(H,25,27)(H,26,28). The van der Waals surface area contributed by atoms with E-state index >= 15 is 0 Å². The molecule has 0 saturated heterocycles. The molecular formula is C21H17I2N3O2. The van der Waals surface area contributed by atoms with Crippen LogP contribution >= 0.6 is 45.2 Å². The third-order valence-electron chi connectivity index (χ3n) is 4.13. The molecule has 5 nitrogen and oxygen atoms in total. The number of nitrogens with zero attached hydrogens (tertiary/aromatic N) is 1. The molecule has 3 rings (SSSR count). The Balaban J connectivity index is 1.70. The van der Waals surface area contributed by atoms with Gasteiger partial charge in [-0.25, -0.2) is 0 Å². The van der Waals surface area contributed by atoms with Gasteiger partial charge in [-0.3, -0.25) is 14.6 Å². The van der Waals surface area contributed by atoms with Crippen molar-refractivity contribution in [3.63, 3.8) is 0 Å². The van der Waals surface area contributed by atoms with Crippen LogP contribution < -0.4 is 10.6 Å². The fourth-order valence-electron chi connectivity index (χ4n) is 2.58. The van der Waals surface area contributed by atoms with Crippen LogP contribution in [0.3, 0.4) is 0 Å². The van der Waals surface area contributed by atoms with E-state index in [1.807, 2.05) is 50.2 Å². The first-order chi connectivity index (χ1) is 13.3. The summed E-state index contributed by atoms with van der Waals surface area (Å²) in [4.78, 5) is 29.0. The number of rotatable bonds is 4. The summed E-state index contributed by atoms with van der Waals surface area (Å²) < 4.78 is 2.21. The number of benzene rings is 2. The number of halogens is 2. The zero-order valence-corrected chi connectivity index (χ0v) is 19.5. The third kappa shape index (κ3) is 5.07. The minimum atomic E-state index is -0.315. The van der Waals surface area contributed by atoms with Gasteiger partial charge >= 0.3 is 0 Å². The first-order valence-corrected chi connectivity index (χ1v) is 10.6. The summed E-state index contributed by atoms with van der Waals surface area (Å²) in [6, 6.07) is 14.7. The van der Waals surface area contributed by atoms with Gasteiger partial charge < -0.3 is 10.6 Å². The summed E-state index contributed by atoms with van der Waals surface area (Å²) >= 11 is 4.45. The molecule has 0 atom stereocenters. The molecule has 0 saturated carbocycles. The number of pyridine rings is 1. The number of aryl methyl sites for hydroxylation is 2. The van der Waals surface area contributed by atoms with E-state index in [2.05, 4.69) is 60.8 Å². The van der Waals surface area contributed by atoms with Crippen molar-refractivity contribution < 1.29 is 9.59 Å². The smallest absolute Gasteiger partial charge is 0.274 e. The predicted molar refractivity (Wildman–Crippen MR) is 128 cm³/mol. The van der Waals surface area contributed by atoms with Crippen LogP contribution in [0.5, 0.6) is 0 Å². The Labute approximate surface area is 190 Å². The van der Waals surface area contributed by atoms with E-state index in [-0.39, 0.29) is 17.5 Å². The Bertz CT molecular complexity index is 966. The van der Waals surface area contributed by atoms with Gasteiger partial charge in [0.25, 0.3) is 11.8 Å². The monoisotopic (exact) mass is 597 g/mol. The Morgan fingerprint density at radius 1 is 0.786 bits per heavy atom. The molecule has 2 aromatic carbocycles. The Kier molecular flexibility index (Phi) is 6.65. The molecule has 0 fully saturated rings. The molecule has 0 aliphatic heterocycles. The maximum absolute atomic E-state index is 12.4. The van der Waals surface area contributed by atoms with E-state index in [0.717, 1.165) is 29.6 Å². The van der Waals surface area contributed by atoms with Crippen LogP contribution in [0.15, 0.2) is 54.7 Å². The van der Waals surface area contributed by atoms with Crippen molar-refractivity contribution in [2.75, 3.05) is 10.6 Å². The molecule has 28 heavy (non-hydrogen) atoms. The number of hydrogen-bond acceptors (Lipinski definition) is 3. The number of carbonyl (C=O) groups is 2. The maximum Gasteiger partial charge on any atom is 0.274 e. The van der Waals surface area contributed by atoms with Gasteiger partial charge in [0.05, 0.1) is 5.56 Å². The summed E-state index contributed by atoms with van der Waals surface area (Å²) in [6.07, 6.45) is 1.41. The minimum absolute atomic E-state index is 0.250. The van der Waals surface area contributed by atoms with E-state index in [4.69, 9.17) is 0 Å². The molecule has 0 unspecified atom stereocenters. The zero-order chi connectivity index (χ0) is 20.3. The number of anilines is 2. The highest BCUT2D eigenvalue weighted by Gasteiger charge is 2.12.